The third-order valence-corrected chi connectivity index (χ3v) is 5.16. The Balaban J connectivity index is 1.95. The van der Waals surface area contributed by atoms with Crippen molar-refractivity contribution in [2.24, 2.45) is 5.41 Å². The maximum absolute atomic E-state index is 12.4. The average molecular weight is 357 g/mol. The predicted octanol–water partition coefficient (Wildman–Crippen LogP) is 3.51. The number of halogens is 1. The summed E-state index contributed by atoms with van der Waals surface area (Å²) in [5.41, 5.74) is 0.870. The number of benzene rings is 1. The van der Waals surface area contributed by atoms with E-state index in [0.29, 0.717) is 23.1 Å². The van der Waals surface area contributed by atoms with Gasteiger partial charge in [0, 0.05) is 24.5 Å². The van der Waals surface area contributed by atoms with Gasteiger partial charge in [-0.25, -0.2) is 4.98 Å². The normalized spacial score (nSPS) is 16.5. The van der Waals surface area contributed by atoms with E-state index in [0.717, 1.165) is 31.5 Å². The predicted molar refractivity (Wildman–Crippen MR) is 99.1 cm³/mol. The molecule has 5 nitrogen and oxygen atoms in total. The second-order valence-corrected chi connectivity index (χ2v) is 7.65. The van der Waals surface area contributed by atoms with Crippen LogP contribution in [0.3, 0.4) is 0 Å². The van der Waals surface area contributed by atoms with Crippen LogP contribution in [0.5, 0.6) is 0 Å². The third kappa shape index (κ3) is 3.85. The van der Waals surface area contributed by atoms with E-state index < -0.39 is 0 Å². The van der Waals surface area contributed by atoms with Gasteiger partial charge in [0.05, 0.1) is 0 Å². The van der Waals surface area contributed by atoms with Gasteiger partial charge in [0.2, 0.25) is 0 Å². The first-order chi connectivity index (χ1) is 11.9. The van der Waals surface area contributed by atoms with Crippen molar-refractivity contribution in [1.82, 2.24) is 9.97 Å². The number of H-pyrrole nitrogens is 1. The fourth-order valence-corrected chi connectivity index (χ4v) is 3.27. The Bertz CT molecular complexity index is 872. The summed E-state index contributed by atoms with van der Waals surface area (Å²) in [6.45, 7) is 6.07. The van der Waals surface area contributed by atoms with E-state index in [1.165, 1.54) is 0 Å². The van der Waals surface area contributed by atoms with E-state index in [1.54, 1.807) is 0 Å². The standard InChI is InChI=1S/C19H21ClN4O/c1-19(2)7-9-24(10-8-19)17-14(12-21)18(25)23-16(22-17)11-13-5-3-4-6-15(13)20/h3-6H,7-11H2,1-2H3,(H,22,23,25). The van der Waals surface area contributed by atoms with Gasteiger partial charge >= 0.3 is 0 Å². The van der Waals surface area contributed by atoms with E-state index in [-0.39, 0.29) is 16.5 Å². The number of aromatic amines is 1. The molecule has 0 aliphatic carbocycles. The first-order valence-corrected chi connectivity index (χ1v) is 8.79. The molecule has 6 heteroatoms. The molecule has 3 rings (SSSR count). The van der Waals surface area contributed by atoms with E-state index in [1.807, 2.05) is 30.3 Å². The molecule has 0 bridgehead atoms. The molecule has 1 saturated heterocycles. The number of nitrogens with zero attached hydrogens (tertiary/aromatic N) is 3. The zero-order valence-electron chi connectivity index (χ0n) is 14.5. The van der Waals surface area contributed by atoms with Gasteiger partial charge in [0.25, 0.3) is 5.56 Å². The monoisotopic (exact) mass is 356 g/mol. The quantitative estimate of drug-likeness (QED) is 0.913. The lowest BCUT2D eigenvalue weighted by atomic mass is 9.82. The number of aromatic nitrogens is 2. The molecule has 1 aliphatic heterocycles. The molecule has 1 aliphatic rings. The van der Waals surface area contributed by atoms with E-state index in [2.05, 4.69) is 28.7 Å². The molecular formula is C19H21ClN4O. The van der Waals surface area contributed by atoms with Crippen molar-refractivity contribution in [3.05, 3.63) is 56.6 Å². The lowest BCUT2D eigenvalue weighted by molar-refractivity contribution is 0.279. The van der Waals surface area contributed by atoms with Crippen molar-refractivity contribution in [1.29, 1.82) is 5.26 Å². The molecule has 0 amide bonds. The summed E-state index contributed by atoms with van der Waals surface area (Å²) in [7, 11) is 0. The molecule has 1 aromatic heterocycles. The Labute approximate surface area is 152 Å². The van der Waals surface area contributed by atoms with Gasteiger partial charge < -0.3 is 9.88 Å². The van der Waals surface area contributed by atoms with Gasteiger partial charge in [-0.15, -0.1) is 0 Å². The van der Waals surface area contributed by atoms with Crippen LogP contribution in [0.15, 0.2) is 29.1 Å². The lowest BCUT2D eigenvalue weighted by Gasteiger charge is -2.37. The molecular weight excluding hydrogens is 336 g/mol. The van der Waals surface area contributed by atoms with Crippen LogP contribution in [0.25, 0.3) is 0 Å². The summed E-state index contributed by atoms with van der Waals surface area (Å²) in [6, 6.07) is 9.49. The zero-order valence-corrected chi connectivity index (χ0v) is 15.2. The lowest BCUT2D eigenvalue weighted by Crippen LogP contribution is -2.39. The van der Waals surface area contributed by atoms with Crippen molar-refractivity contribution < 1.29 is 0 Å². The molecule has 0 unspecified atom stereocenters. The number of piperidine rings is 1. The van der Waals surface area contributed by atoms with Crippen LogP contribution in [-0.4, -0.2) is 23.1 Å². The number of hydrogen-bond donors (Lipinski definition) is 1. The third-order valence-electron chi connectivity index (χ3n) is 4.79. The average Bonchev–Trinajstić information content (AvgIpc) is 2.56. The highest BCUT2D eigenvalue weighted by Gasteiger charge is 2.28. The molecule has 130 valence electrons. The van der Waals surface area contributed by atoms with Crippen LogP contribution >= 0.6 is 11.6 Å². The number of anilines is 1. The summed E-state index contributed by atoms with van der Waals surface area (Å²) >= 11 is 6.21. The molecule has 1 aromatic carbocycles. The molecule has 0 saturated carbocycles. The van der Waals surface area contributed by atoms with Crippen molar-refractivity contribution in [3.8, 4) is 6.07 Å². The van der Waals surface area contributed by atoms with Crippen molar-refractivity contribution in [2.45, 2.75) is 33.1 Å². The molecule has 0 radical (unpaired) electrons. The van der Waals surface area contributed by atoms with Gasteiger partial charge in [-0.1, -0.05) is 43.6 Å². The number of nitrogens with one attached hydrogen (secondary N) is 1. The van der Waals surface area contributed by atoms with Crippen LogP contribution in [0.4, 0.5) is 5.82 Å². The minimum atomic E-state index is -0.389. The summed E-state index contributed by atoms with van der Waals surface area (Å²) < 4.78 is 0. The van der Waals surface area contributed by atoms with Gasteiger partial charge in [-0.3, -0.25) is 4.79 Å². The molecule has 0 spiro atoms. The van der Waals surface area contributed by atoms with Crippen molar-refractivity contribution in [3.63, 3.8) is 0 Å². The van der Waals surface area contributed by atoms with E-state index in [9.17, 15) is 10.1 Å². The van der Waals surface area contributed by atoms with Gasteiger partial charge in [0.15, 0.2) is 11.4 Å². The number of nitriles is 1. The maximum Gasteiger partial charge on any atom is 0.271 e. The van der Waals surface area contributed by atoms with E-state index >= 15 is 0 Å². The van der Waals surface area contributed by atoms with Gasteiger partial charge in [-0.2, -0.15) is 5.26 Å². The molecule has 0 atom stereocenters. The molecule has 1 N–H and O–H groups in total. The summed E-state index contributed by atoms with van der Waals surface area (Å²) in [5.74, 6) is 1.01. The first-order valence-electron chi connectivity index (χ1n) is 8.41. The van der Waals surface area contributed by atoms with Crippen LogP contribution in [-0.2, 0) is 6.42 Å². The second kappa shape index (κ2) is 6.89. The van der Waals surface area contributed by atoms with Crippen molar-refractivity contribution >= 4 is 17.4 Å². The van der Waals surface area contributed by atoms with E-state index in [4.69, 9.17) is 11.6 Å². The fourth-order valence-electron chi connectivity index (χ4n) is 3.07. The van der Waals surface area contributed by atoms with Gasteiger partial charge in [0.1, 0.15) is 11.9 Å². The molecule has 1 fully saturated rings. The zero-order chi connectivity index (χ0) is 18.0. The minimum absolute atomic E-state index is 0.0858. The number of rotatable bonds is 3. The van der Waals surface area contributed by atoms with Crippen LogP contribution in [0, 0.1) is 16.7 Å². The molecule has 2 heterocycles. The Kier molecular flexibility index (Phi) is 4.82. The highest BCUT2D eigenvalue weighted by molar-refractivity contribution is 6.31. The Morgan fingerprint density at radius 2 is 2.00 bits per heavy atom. The topological polar surface area (TPSA) is 72.8 Å². The summed E-state index contributed by atoms with van der Waals surface area (Å²) in [4.78, 5) is 21.7. The fraction of sp³-hybridized carbons (Fsp3) is 0.421. The van der Waals surface area contributed by atoms with Gasteiger partial charge in [-0.05, 0) is 29.9 Å². The van der Waals surface area contributed by atoms with Crippen LogP contribution in [0.1, 0.15) is 43.6 Å². The van der Waals surface area contributed by atoms with Crippen molar-refractivity contribution in [2.75, 3.05) is 18.0 Å². The minimum Gasteiger partial charge on any atom is -0.355 e. The smallest absolute Gasteiger partial charge is 0.271 e. The Hall–Kier alpha value is -2.32. The van der Waals surface area contributed by atoms with Crippen LogP contribution < -0.4 is 10.5 Å². The Morgan fingerprint density at radius 1 is 1.32 bits per heavy atom. The molecule has 2 aromatic rings. The second-order valence-electron chi connectivity index (χ2n) is 7.24. The Morgan fingerprint density at radius 3 is 2.64 bits per heavy atom. The maximum atomic E-state index is 12.4. The summed E-state index contributed by atoms with van der Waals surface area (Å²) in [5, 5.41) is 10.0. The first kappa shape index (κ1) is 17.5. The van der Waals surface area contributed by atoms with Crippen LogP contribution in [0.2, 0.25) is 5.02 Å². The highest BCUT2D eigenvalue weighted by Crippen LogP contribution is 2.32. The molecule has 25 heavy (non-hydrogen) atoms. The largest absolute Gasteiger partial charge is 0.355 e. The SMILES string of the molecule is CC1(C)CCN(c2nc(Cc3ccccc3Cl)[nH]c(=O)c2C#N)CC1. The highest BCUT2D eigenvalue weighted by atomic mass is 35.5. The number of hydrogen-bond acceptors (Lipinski definition) is 4. The summed E-state index contributed by atoms with van der Waals surface area (Å²) in [6.07, 6.45) is 2.44.